The van der Waals surface area contributed by atoms with Gasteiger partial charge in [0, 0.05) is 33.1 Å². The third-order valence-electron chi connectivity index (χ3n) is 17.4. The molecular weight excluding hydrogens is 1010 g/mol. The van der Waals surface area contributed by atoms with Crippen LogP contribution in [0.5, 0.6) is 0 Å². The Kier molecular flexibility index (Phi) is 10.9. The topological polar surface area (TPSA) is 22.8 Å². The molecule has 2 heterocycles. The van der Waals surface area contributed by atoms with E-state index in [0.717, 1.165) is 50.5 Å². The van der Waals surface area contributed by atoms with Gasteiger partial charge in [0.1, 0.15) is 5.82 Å². The first-order valence-electron chi connectivity index (χ1n) is 28.9. The average Bonchev–Trinajstić information content (AvgIpc) is 1.92. The minimum atomic E-state index is 0.891. The van der Waals surface area contributed by atoms with Crippen molar-refractivity contribution in [2.75, 3.05) is 0 Å². The molecule has 0 N–H and O–H groups in total. The first-order chi connectivity index (χ1) is 41.7. The Morgan fingerprint density at radius 1 is 0.238 bits per heavy atom. The highest BCUT2D eigenvalue weighted by atomic mass is 15.1. The fourth-order valence-electron chi connectivity index (χ4n) is 13.6. The lowest BCUT2D eigenvalue weighted by Gasteiger charge is -2.19. The molecule has 2 aromatic heterocycles. The lowest BCUT2D eigenvalue weighted by molar-refractivity contribution is 1.10. The van der Waals surface area contributed by atoms with Crippen molar-refractivity contribution >= 4 is 86.7 Å². The quantitative estimate of drug-likeness (QED) is 0.139. The third kappa shape index (κ3) is 7.64. The molecule has 84 heavy (non-hydrogen) atoms. The Morgan fingerprint density at radius 2 is 0.762 bits per heavy atom. The fraction of sp³-hybridized carbons (Fsp3) is 0. The first-order valence-corrected chi connectivity index (χ1v) is 28.9. The van der Waals surface area contributed by atoms with Crippen LogP contribution in [-0.4, -0.2) is 14.1 Å². The first kappa shape index (κ1) is 47.7. The minimum absolute atomic E-state index is 0.891. The summed E-state index contributed by atoms with van der Waals surface area (Å²) < 4.78 is 4.80. The molecule has 0 unspecified atom stereocenters. The summed E-state index contributed by atoms with van der Waals surface area (Å²) in [4.78, 5) is 5.41. The number of hydrogen-bond acceptors (Lipinski definition) is 1. The van der Waals surface area contributed by atoms with Gasteiger partial charge in [-0.1, -0.05) is 243 Å². The Morgan fingerprint density at radius 3 is 1.49 bits per heavy atom. The molecule has 17 aromatic rings. The lowest BCUT2D eigenvalue weighted by Crippen LogP contribution is -1.98. The summed E-state index contributed by atoms with van der Waals surface area (Å²) in [6.07, 6.45) is 0. The summed E-state index contributed by atoms with van der Waals surface area (Å²) in [6.45, 7) is 0. The molecule has 0 bridgehead atoms. The highest BCUT2D eigenvalue weighted by Gasteiger charge is 2.23. The van der Waals surface area contributed by atoms with Crippen molar-refractivity contribution < 1.29 is 0 Å². The van der Waals surface area contributed by atoms with E-state index in [1.54, 1.807) is 0 Å². The molecule has 0 aliphatic rings. The van der Waals surface area contributed by atoms with E-state index in [4.69, 9.17) is 4.98 Å². The summed E-state index contributed by atoms with van der Waals surface area (Å²) >= 11 is 0. The van der Waals surface area contributed by atoms with Crippen LogP contribution in [0.25, 0.3) is 165 Å². The highest BCUT2D eigenvalue weighted by molar-refractivity contribution is 6.26. The van der Waals surface area contributed by atoms with Crippen LogP contribution in [0.1, 0.15) is 0 Å². The second-order valence-corrected chi connectivity index (χ2v) is 22.2. The van der Waals surface area contributed by atoms with E-state index < -0.39 is 0 Å². The van der Waals surface area contributed by atoms with Gasteiger partial charge in [-0.15, -0.1) is 0 Å². The van der Waals surface area contributed by atoms with Gasteiger partial charge < -0.3 is 4.57 Å². The van der Waals surface area contributed by atoms with Gasteiger partial charge in [0.05, 0.1) is 22.1 Å². The lowest BCUT2D eigenvalue weighted by atomic mass is 9.84. The van der Waals surface area contributed by atoms with Crippen molar-refractivity contribution in [3.63, 3.8) is 0 Å². The van der Waals surface area contributed by atoms with Gasteiger partial charge >= 0.3 is 0 Å². The van der Waals surface area contributed by atoms with Gasteiger partial charge in [-0.25, -0.2) is 4.98 Å². The summed E-state index contributed by atoms with van der Waals surface area (Å²) in [6, 6.07) is 114. The number of hydrogen-bond donors (Lipinski definition) is 0. The average molecular weight is 1070 g/mol. The van der Waals surface area contributed by atoms with Crippen LogP contribution in [0, 0.1) is 0 Å². The van der Waals surface area contributed by atoms with Gasteiger partial charge in [-0.3, -0.25) is 4.57 Å². The van der Waals surface area contributed by atoms with Gasteiger partial charge in [0.15, 0.2) is 0 Å². The van der Waals surface area contributed by atoms with Crippen molar-refractivity contribution in [1.82, 2.24) is 14.1 Å². The van der Waals surface area contributed by atoms with Crippen LogP contribution in [0.2, 0.25) is 0 Å². The molecule has 0 atom stereocenters. The number of para-hydroxylation sites is 4. The zero-order valence-electron chi connectivity index (χ0n) is 45.8. The molecule has 0 spiro atoms. The molecule has 0 aliphatic carbocycles. The standard InChI is InChI=1S/C81H51N3/c1-3-21-55(22-4-1)71-51-72-65(32-18-33-69(72)80-79(71)70-31-13-15-35-75(70)83(80)63-26-5-2-6-27-63)60-25-17-28-64(49-60)84-76-36-16-14-34-74(76)82-81(84)56-41-37-54(38-42-56)59-45-46-68-73(50-59)78(62-44-40-53-20-8-10-24-58(53)48-62)67-30-12-11-29-66(67)77(68)61-43-39-52-19-7-9-23-57(52)47-61/h1-51H. The van der Waals surface area contributed by atoms with Crippen LogP contribution < -0.4 is 0 Å². The second kappa shape index (κ2) is 19.3. The van der Waals surface area contributed by atoms with Gasteiger partial charge in [0.25, 0.3) is 0 Å². The zero-order chi connectivity index (χ0) is 55.2. The zero-order valence-corrected chi connectivity index (χ0v) is 45.8. The van der Waals surface area contributed by atoms with Gasteiger partial charge in [-0.05, 0) is 171 Å². The van der Waals surface area contributed by atoms with Crippen molar-refractivity contribution in [2.45, 2.75) is 0 Å². The van der Waals surface area contributed by atoms with Crippen LogP contribution >= 0.6 is 0 Å². The molecule has 15 aromatic carbocycles. The summed E-state index contributed by atoms with van der Waals surface area (Å²) in [5.74, 6) is 0.891. The molecule has 0 radical (unpaired) electrons. The predicted octanol–water partition coefficient (Wildman–Crippen LogP) is 21.9. The molecular formula is C81H51N3. The Labute approximate surface area is 485 Å². The molecule has 0 saturated carbocycles. The third-order valence-corrected chi connectivity index (χ3v) is 17.4. The van der Waals surface area contributed by atoms with Crippen LogP contribution in [-0.2, 0) is 0 Å². The van der Waals surface area contributed by atoms with Crippen molar-refractivity contribution in [3.05, 3.63) is 309 Å². The second-order valence-electron chi connectivity index (χ2n) is 22.2. The molecule has 0 aliphatic heterocycles. The maximum atomic E-state index is 5.41. The summed E-state index contributed by atoms with van der Waals surface area (Å²) in [7, 11) is 0. The molecule has 3 nitrogen and oxygen atoms in total. The largest absolute Gasteiger partial charge is 0.309 e. The number of imidazole rings is 1. The smallest absolute Gasteiger partial charge is 0.145 e. The maximum absolute atomic E-state index is 5.41. The Hall–Kier alpha value is -11.1. The summed E-state index contributed by atoms with van der Waals surface area (Å²) in [5, 5.41) is 14.8. The van der Waals surface area contributed by atoms with E-state index in [1.165, 1.54) is 115 Å². The molecule has 0 amide bonds. The normalized spacial score (nSPS) is 11.8. The van der Waals surface area contributed by atoms with E-state index in [9.17, 15) is 0 Å². The monoisotopic (exact) mass is 1070 g/mol. The van der Waals surface area contributed by atoms with E-state index in [1.807, 2.05) is 0 Å². The van der Waals surface area contributed by atoms with Crippen molar-refractivity contribution in [1.29, 1.82) is 0 Å². The minimum Gasteiger partial charge on any atom is -0.309 e. The van der Waals surface area contributed by atoms with E-state index >= 15 is 0 Å². The maximum Gasteiger partial charge on any atom is 0.145 e. The Bertz CT molecular complexity index is 5480. The van der Waals surface area contributed by atoms with E-state index in [-0.39, 0.29) is 0 Å². The molecule has 3 heteroatoms. The highest BCUT2D eigenvalue weighted by Crippen LogP contribution is 2.48. The SMILES string of the molecule is c1ccc(-c2cc3c(-c4cccc(-n5c(-c6ccc(-c7ccc8c(-c9ccc%10ccccc%10c9)c9ccccc9c(-c9ccc%10ccccc%10c9)c8c7)cc6)nc6ccccc65)c4)cccc3c3c2c2ccccc2n3-c2ccccc2)cc1. The Balaban J connectivity index is 0.814. The van der Waals surface area contributed by atoms with Crippen LogP contribution in [0.4, 0.5) is 0 Å². The molecule has 390 valence electrons. The van der Waals surface area contributed by atoms with Crippen molar-refractivity contribution in [3.8, 4) is 78.4 Å². The van der Waals surface area contributed by atoms with Crippen LogP contribution in [0.3, 0.4) is 0 Å². The van der Waals surface area contributed by atoms with E-state index in [2.05, 4.69) is 319 Å². The number of nitrogens with zero attached hydrogens (tertiary/aromatic N) is 3. The molecule has 0 saturated heterocycles. The van der Waals surface area contributed by atoms with Gasteiger partial charge in [-0.2, -0.15) is 0 Å². The number of benzene rings is 15. The fourth-order valence-corrected chi connectivity index (χ4v) is 13.6. The number of fused-ring (bicyclic) bond motifs is 10. The van der Waals surface area contributed by atoms with Crippen molar-refractivity contribution in [2.24, 2.45) is 0 Å². The van der Waals surface area contributed by atoms with E-state index in [0.29, 0.717) is 0 Å². The predicted molar refractivity (Wildman–Crippen MR) is 356 cm³/mol. The summed E-state index contributed by atoms with van der Waals surface area (Å²) in [5.41, 5.74) is 19.5. The van der Waals surface area contributed by atoms with Crippen LogP contribution in [0.15, 0.2) is 309 Å². The van der Waals surface area contributed by atoms with Gasteiger partial charge in [0.2, 0.25) is 0 Å². The molecule has 17 rings (SSSR count). The number of rotatable bonds is 8. The molecule has 0 fully saturated rings. The number of aromatic nitrogens is 3.